The molecule has 0 fully saturated rings. The number of fused-ring (bicyclic) bond motifs is 4. The van der Waals surface area contributed by atoms with Crippen molar-refractivity contribution in [2.24, 2.45) is 5.16 Å². The number of carboxylic acid groups (broad SMARTS) is 1. The van der Waals surface area contributed by atoms with Crippen molar-refractivity contribution in [3.63, 3.8) is 0 Å². The van der Waals surface area contributed by atoms with Gasteiger partial charge in [0.25, 0.3) is 0 Å². The van der Waals surface area contributed by atoms with Gasteiger partial charge in [-0.05, 0) is 43.2 Å². The Labute approximate surface area is 368 Å². The zero-order valence-corrected chi connectivity index (χ0v) is 36.5. The van der Waals surface area contributed by atoms with Crippen LogP contribution in [0.2, 0.25) is 0 Å². The smallest absolute Gasteiger partial charge is 0.305 e. The quantitative estimate of drug-likeness (QED) is 0.0748. The van der Waals surface area contributed by atoms with Gasteiger partial charge < -0.3 is 71.9 Å². The number of carbonyl (C=O) groups excluding carboxylic acids is 1. The number of aliphatic hydroxyl groups is 1. The standard InChI is InChI=1S/C45H63NO17/c1-31(2)38-27-36-37(62-38)7-6-34(44-43-35-26-39(51-3)32(28-47)25-40(35)60-30-41(43)63-46-44)45(36)61-29-33(48)5-4-9-52-11-13-54-15-17-56-19-21-58-23-24-59-22-20-57-18-16-55-14-12-53-10-8-42(49)50/h6-7,25-26,38,41,43,47H,1,4-5,8-24,27-30H2,2-3H3,(H,49,50)/t38-,41?,43?/m1/s1. The van der Waals surface area contributed by atoms with Crippen LogP contribution in [-0.2, 0) is 65.3 Å². The topological polar surface area (TPSA) is 207 Å². The fourth-order valence-corrected chi connectivity index (χ4v) is 6.91. The van der Waals surface area contributed by atoms with Gasteiger partial charge in [-0.15, -0.1) is 0 Å². The third-order valence-electron chi connectivity index (χ3n) is 10.2. The average molecular weight is 890 g/mol. The summed E-state index contributed by atoms with van der Waals surface area (Å²) < 4.78 is 67.8. The lowest BCUT2D eigenvalue weighted by Gasteiger charge is -2.29. The number of benzene rings is 2. The van der Waals surface area contributed by atoms with E-state index in [9.17, 15) is 14.7 Å². The zero-order valence-electron chi connectivity index (χ0n) is 36.5. The molecule has 3 atom stereocenters. The molecule has 5 rings (SSSR count). The van der Waals surface area contributed by atoms with Crippen LogP contribution in [-0.4, -0.2) is 166 Å². The lowest BCUT2D eigenvalue weighted by atomic mass is 9.83. The fraction of sp³-hybridized carbons (Fsp3) is 0.622. The van der Waals surface area contributed by atoms with Crippen LogP contribution < -0.4 is 18.9 Å². The van der Waals surface area contributed by atoms with Gasteiger partial charge in [-0.1, -0.05) is 11.7 Å². The number of oxime groups is 1. The molecule has 2 aromatic rings. The van der Waals surface area contributed by atoms with Crippen molar-refractivity contribution >= 4 is 17.5 Å². The Morgan fingerprint density at radius 1 is 0.778 bits per heavy atom. The number of methoxy groups -OCH3 is 1. The van der Waals surface area contributed by atoms with E-state index in [1.807, 2.05) is 25.1 Å². The van der Waals surface area contributed by atoms with E-state index in [1.54, 1.807) is 13.2 Å². The summed E-state index contributed by atoms with van der Waals surface area (Å²) in [5.74, 6) is 1.13. The van der Waals surface area contributed by atoms with Crippen LogP contribution >= 0.6 is 0 Å². The van der Waals surface area contributed by atoms with Gasteiger partial charge in [0, 0.05) is 41.7 Å². The van der Waals surface area contributed by atoms with Crippen molar-refractivity contribution in [3.8, 4) is 23.0 Å². The number of aliphatic carboxylic acids is 1. The van der Waals surface area contributed by atoms with Gasteiger partial charge in [0.1, 0.15) is 48.0 Å². The summed E-state index contributed by atoms with van der Waals surface area (Å²) in [7, 11) is 1.56. The van der Waals surface area contributed by atoms with Crippen LogP contribution in [0.15, 0.2) is 41.6 Å². The highest BCUT2D eigenvalue weighted by atomic mass is 16.7. The summed E-state index contributed by atoms with van der Waals surface area (Å²) in [5.41, 5.74) is 4.53. The maximum atomic E-state index is 13.1. The number of hydrogen-bond acceptors (Lipinski definition) is 17. The van der Waals surface area contributed by atoms with Crippen LogP contribution in [0.4, 0.5) is 0 Å². The van der Waals surface area contributed by atoms with Crippen LogP contribution in [0.1, 0.15) is 54.4 Å². The lowest BCUT2D eigenvalue weighted by molar-refractivity contribution is -0.138. The van der Waals surface area contributed by atoms with Crippen LogP contribution in [0, 0.1) is 0 Å². The van der Waals surface area contributed by atoms with Crippen molar-refractivity contribution in [1.29, 1.82) is 0 Å². The predicted molar refractivity (Wildman–Crippen MR) is 226 cm³/mol. The summed E-state index contributed by atoms with van der Waals surface area (Å²) in [6.45, 7) is 12.5. The molecule has 2 unspecified atom stereocenters. The number of ether oxygens (including phenoxy) is 12. The molecule has 63 heavy (non-hydrogen) atoms. The highest BCUT2D eigenvalue weighted by Crippen LogP contribution is 2.47. The molecule has 0 spiro atoms. The van der Waals surface area contributed by atoms with E-state index in [2.05, 4.69) is 11.7 Å². The molecule has 3 aliphatic rings. The first-order valence-corrected chi connectivity index (χ1v) is 21.4. The summed E-state index contributed by atoms with van der Waals surface area (Å²) in [4.78, 5) is 29.4. The Balaban J connectivity index is 0.899. The Hall–Kier alpha value is -4.37. The van der Waals surface area contributed by atoms with Gasteiger partial charge in [-0.25, -0.2) is 0 Å². The van der Waals surface area contributed by atoms with E-state index in [0.717, 1.165) is 16.7 Å². The van der Waals surface area contributed by atoms with E-state index >= 15 is 0 Å². The van der Waals surface area contributed by atoms with Crippen molar-refractivity contribution in [1.82, 2.24) is 0 Å². The number of hydrogen-bond donors (Lipinski definition) is 2. The molecule has 0 bridgehead atoms. The molecular weight excluding hydrogens is 826 g/mol. The maximum Gasteiger partial charge on any atom is 0.305 e. The highest BCUT2D eigenvalue weighted by Gasteiger charge is 2.44. The summed E-state index contributed by atoms with van der Waals surface area (Å²) in [6.07, 6.45) is 0.760. The van der Waals surface area contributed by atoms with E-state index < -0.39 is 5.97 Å². The third kappa shape index (κ3) is 16.0. The van der Waals surface area contributed by atoms with Crippen LogP contribution in [0.5, 0.6) is 23.0 Å². The van der Waals surface area contributed by atoms with E-state index in [4.69, 9.17) is 66.8 Å². The van der Waals surface area contributed by atoms with Crippen LogP contribution in [0.25, 0.3) is 0 Å². The van der Waals surface area contributed by atoms with Crippen molar-refractivity contribution < 1.29 is 81.5 Å². The summed E-state index contributed by atoms with van der Waals surface area (Å²) >= 11 is 0. The second-order valence-corrected chi connectivity index (χ2v) is 14.8. The minimum Gasteiger partial charge on any atom is -0.496 e. The molecule has 0 radical (unpaired) electrons. The summed E-state index contributed by atoms with van der Waals surface area (Å²) in [6, 6.07) is 7.44. The van der Waals surface area contributed by atoms with Gasteiger partial charge in [0.05, 0.1) is 125 Å². The van der Waals surface area contributed by atoms with E-state index in [1.165, 1.54) is 0 Å². The Morgan fingerprint density at radius 3 is 1.89 bits per heavy atom. The molecule has 0 aliphatic carbocycles. The summed E-state index contributed by atoms with van der Waals surface area (Å²) in [5, 5.41) is 22.9. The number of carbonyl (C=O) groups is 2. The number of carboxylic acids is 1. The molecule has 2 N–H and O–H groups in total. The first kappa shape index (κ1) is 49.6. The molecule has 0 saturated carbocycles. The Morgan fingerprint density at radius 2 is 1.35 bits per heavy atom. The van der Waals surface area contributed by atoms with Crippen molar-refractivity contribution in [2.75, 3.05) is 126 Å². The number of nitrogens with zero attached hydrogens (tertiary/aromatic N) is 1. The first-order valence-electron chi connectivity index (χ1n) is 21.4. The average Bonchev–Trinajstić information content (AvgIpc) is 3.93. The highest BCUT2D eigenvalue weighted by molar-refractivity contribution is 6.09. The molecule has 0 amide bonds. The molecule has 2 aromatic carbocycles. The second kappa shape index (κ2) is 27.7. The molecule has 0 saturated heterocycles. The largest absolute Gasteiger partial charge is 0.496 e. The Kier molecular flexibility index (Phi) is 21.9. The number of rotatable bonds is 35. The molecule has 18 nitrogen and oxygen atoms in total. The molecule has 18 heteroatoms. The van der Waals surface area contributed by atoms with Crippen molar-refractivity contribution in [3.05, 3.63) is 58.7 Å². The zero-order chi connectivity index (χ0) is 44.7. The van der Waals surface area contributed by atoms with Crippen LogP contribution in [0.3, 0.4) is 0 Å². The molecular formula is C45H63NO17. The SMILES string of the molecule is C=C(C)[C@H]1Cc2c(ccc(C3=NOC4COc5cc(CO)c(OC)cc5C34)c2OCC(=O)CCCOCCOCCOCCOCCOCCOCCOCCOCCC(=O)O)O1. The van der Waals surface area contributed by atoms with Gasteiger partial charge in [0.2, 0.25) is 0 Å². The van der Waals surface area contributed by atoms with E-state index in [-0.39, 0.29) is 63.2 Å². The number of Topliss-reactive ketones (excluding diaryl/α,β-unsaturated/α-hetero) is 1. The van der Waals surface area contributed by atoms with Gasteiger partial charge in [-0.2, -0.15) is 0 Å². The molecule has 350 valence electrons. The monoisotopic (exact) mass is 889 g/mol. The third-order valence-corrected chi connectivity index (χ3v) is 10.2. The molecule has 3 aliphatic heterocycles. The van der Waals surface area contributed by atoms with Gasteiger partial charge >= 0.3 is 5.97 Å². The Bertz CT molecular complexity index is 1770. The predicted octanol–water partition coefficient (Wildman–Crippen LogP) is 3.68. The number of ketones is 1. The van der Waals surface area contributed by atoms with E-state index in [0.29, 0.717) is 152 Å². The normalized spacial score (nSPS) is 17.2. The second-order valence-electron chi connectivity index (χ2n) is 14.8. The van der Waals surface area contributed by atoms with Gasteiger partial charge in [-0.3, -0.25) is 9.59 Å². The number of aliphatic hydroxyl groups excluding tert-OH is 1. The molecule has 3 heterocycles. The van der Waals surface area contributed by atoms with Gasteiger partial charge in [0.15, 0.2) is 11.9 Å². The maximum absolute atomic E-state index is 13.1. The lowest BCUT2D eigenvalue weighted by Crippen LogP contribution is -2.33. The minimum absolute atomic E-state index is 0.0160. The molecule has 0 aromatic heterocycles. The first-order chi connectivity index (χ1) is 30.8. The minimum atomic E-state index is -0.885. The van der Waals surface area contributed by atoms with Crippen molar-refractivity contribution in [2.45, 2.75) is 57.3 Å². The fourth-order valence-electron chi connectivity index (χ4n) is 6.91.